The van der Waals surface area contributed by atoms with Crippen LogP contribution in [0.1, 0.15) is 10.4 Å². The van der Waals surface area contributed by atoms with Gasteiger partial charge in [0.05, 0.1) is 10.0 Å². The number of fused-ring (bicyclic) bond motifs is 1. The Bertz CT molecular complexity index is 1070. The van der Waals surface area contributed by atoms with Crippen molar-refractivity contribution in [3.8, 4) is 11.5 Å². The summed E-state index contributed by atoms with van der Waals surface area (Å²) < 4.78 is 5.74. The molecule has 0 atom stereocenters. The highest BCUT2D eigenvalue weighted by Crippen LogP contribution is 2.26. The average Bonchev–Trinajstić information content (AvgIpc) is 3.08. The molecule has 0 aliphatic carbocycles. The molecule has 0 fully saturated rings. The number of carbonyl (C=O) groups excluding carboxylic acids is 1. The summed E-state index contributed by atoms with van der Waals surface area (Å²) in [4.78, 5) is 16.8. The lowest BCUT2D eigenvalue weighted by Gasteiger charge is -2.06. The lowest BCUT2D eigenvalue weighted by molar-refractivity contribution is 0.102. The number of hydrogen-bond donors (Lipinski definition) is 1. The molecule has 0 aliphatic heterocycles. The Labute approximate surface area is 159 Å². The first-order valence-electron chi connectivity index (χ1n) is 7.82. The normalized spacial score (nSPS) is 10.8. The number of para-hydroxylation sites is 2. The molecule has 4 rings (SSSR count). The molecule has 128 valence electrons. The Morgan fingerprint density at radius 1 is 0.923 bits per heavy atom. The second kappa shape index (κ2) is 6.83. The number of nitrogens with zero attached hydrogens (tertiary/aromatic N) is 1. The zero-order valence-electron chi connectivity index (χ0n) is 13.4. The van der Waals surface area contributed by atoms with Crippen LogP contribution in [0.5, 0.6) is 0 Å². The van der Waals surface area contributed by atoms with E-state index < -0.39 is 0 Å². The molecule has 1 heterocycles. The molecule has 1 N–H and O–H groups in total. The average molecular weight is 383 g/mol. The molecule has 1 aromatic heterocycles. The molecule has 0 saturated heterocycles. The zero-order valence-corrected chi connectivity index (χ0v) is 14.9. The van der Waals surface area contributed by atoms with Crippen molar-refractivity contribution in [2.24, 2.45) is 0 Å². The van der Waals surface area contributed by atoms with Gasteiger partial charge in [0.15, 0.2) is 5.58 Å². The van der Waals surface area contributed by atoms with Gasteiger partial charge in [-0.05, 0) is 54.6 Å². The van der Waals surface area contributed by atoms with Crippen molar-refractivity contribution < 1.29 is 9.21 Å². The largest absolute Gasteiger partial charge is 0.436 e. The minimum Gasteiger partial charge on any atom is -0.436 e. The van der Waals surface area contributed by atoms with Crippen molar-refractivity contribution >= 4 is 45.9 Å². The fourth-order valence-corrected chi connectivity index (χ4v) is 2.83. The van der Waals surface area contributed by atoms with Crippen molar-refractivity contribution in [3.63, 3.8) is 0 Å². The van der Waals surface area contributed by atoms with Crippen molar-refractivity contribution in [2.45, 2.75) is 0 Å². The van der Waals surface area contributed by atoms with Gasteiger partial charge in [-0.25, -0.2) is 4.98 Å². The van der Waals surface area contributed by atoms with E-state index in [9.17, 15) is 4.79 Å². The number of aromatic nitrogens is 1. The lowest BCUT2D eigenvalue weighted by atomic mass is 10.2. The molecule has 0 aliphatic rings. The molecule has 0 radical (unpaired) electrons. The molecular formula is C20H12Cl2N2O2. The van der Waals surface area contributed by atoms with Crippen LogP contribution >= 0.6 is 23.2 Å². The van der Waals surface area contributed by atoms with Gasteiger partial charge < -0.3 is 9.73 Å². The highest BCUT2D eigenvalue weighted by atomic mass is 35.5. The van der Waals surface area contributed by atoms with Crippen LogP contribution in [0.4, 0.5) is 5.69 Å². The van der Waals surface area contributed by atoms with E-state index in [4.69, 9.17) is 27.6 Å². The standard InChI is InChI=1S/C20H12Cl2N2O2/c21-15-10-7-13(11-16(15)22)19(25)23-14-8-5-12(6-9-14)20-24-17-3-1-2-4-18(17)26-20/h1-11H,(H,23,25). The third kappa shape index (κ3) is 3.29. The van der Waals surface area contributed by atoms with E-state index in [1.54, 1.807) is 24.3 Å². The van der Waals surface area contributed by atoms with Gasteiger partial charge in [-0.2, -0.15) is 0 Å². The second-order valence-electron chi connectivity index (χ2n) is 5.65. The van der Waals surface area contributed by atoms with Crippen LogP contribution in [0.25, 0.3) is 22.6 Å². The van der Waals surface area contributed by atoms with E-state index in [0.29, 0.717) is 27.2 Å². The molecular weight excluding hydrogens is 371 g/mol. The number of nitrogens with one attached hydrogen (secondary N) is 1. The van der Waals surface area contributed by atoms with Crippen LogP contribution in [0.3, 0.4) is 0 Å². The van der Waals surface area contributed by atoms with Gasteiger partial charge in [-0.1, -0.05) is 35.3 Å². The van der Waals surface area contributed by atoms with Gasteiger partial charge in [0, 0.05) is 16.8 Å². The quantitative estimate of drug-likeness (QED) is 0.468. The monoisotopic (exact) mass is 382 g/mol. The Kier molecular flexibility index (Phi) is 4.37. The number of anilines is 1. The van der Waals surface area contributed by atoms with Gasteiger partial charge in [0.2, 0.25) is 5.89 Å². The smallest absolute Gasteiger partial charge is 0.255 e. The van der Waals surface area contributed by atoms with Gasteiger partial charge >= 0.3 is 0 Å². The summed E-state index contributed by atoms with van der Waals surface area (Å²) in [6.45, 7) is 0. The minimum atomic E-state index is -0.266. The van der Waals surface area contributed by atoms with E-state index in [0.717, 1.165) is 16.7 Å². The Balaban J connectivity index is 1.53. The first-order chi connectivity index (χ1) is 12.6. The van der Waals surface area contributed by atoms with E-state index in [1.165, 1.54) is 6.07 Å². The summed E-state index contributed by atoms with van der Waals surface area (Å²) in [5.41, 5.74) is 3.45. The predicted molar refractivity (Wildman–Crippen MR) is 104 cm³/mol. The fourth-order valence-electron chi connectivity index (χ4n) is 2.53. The molecule has 4 nitrogen and oxygen atoms in total. The van der Waals surface area contributed by atoms with Crippen LogP contribution in [-0.2, 0) is 0 Å². The van der Waals surface area contributed by atoms with Crippen molar-refractivity contribution in [3.05, 3.63) is 82.3 Å². The van der Waals surface area contributed by atoms with E-state index in [1.807, 2.05) is 36.4 Å². The third-order valence-electron chi connectivity index (χ3n) is 3.87. The fraction of sp³-hybridized carbons (Fsp3) is 0. The summed E-state index contributed by atoms with van der Waals surface area (Å²) in [5, 5.41) is 3.57. The number of halogens is 2. The number of benzene rings is 3. The summed E-state index contributed by atoms with van der Waals surface area (Å²) in [7, 11) is 0. The number of oxazole rings is 1. The van der Waals surface area contributed by atoms with Crippen molar-refractivity contribution in [1.82, 2.24) is 4.98 Å². The van der Waals surface area contributed by atoms with Gasteiger partial charge in [0.25, 0.3) is 5.91 Å². The molecule has 0 bridgehead atoms. The molecule has 1 amide bonds. The summed E-state index contributed by atoms with van der Waals surface area (Å²) in [6, 6.07) is 19.6. The maximum absolute atomic E-state index is 12.3. The minimum absolute atomic E-state index is 0.266. The Morgan fingerprint density at radius 2 is 1.69 bits per heavy atom. The molecule has 3 aromatic carbocycles. The SMILES string of the molecule is O=C(Nc1ccc(-c2nc3ccccc3o2)cc1)c1ccc(Cl)c(Cl)c1. The van der Waals surface area contributed by atoms with Crippen LogP contribution in [0.2, 0.25) is 10.0 Å². The van der Waals surface area contributed by atoms with Gasteiger partial charge in [-0.3, -0.25) is 4.79 Å². The number of carbonyl (C=O) groups is 1. The zero-order chi connectivity index (χ0) is 18.1. The molecule has 6 heteroatoms. The molecule has 26 heavy (non-hydrogen) atoms. The van der Waals surface area contributed by atoms with Crippen molar-refractivity contribution in [1.29, 1.82) is 0 Å². The first kappa shape index (κ1) is 16.6. The molecule has 0 saturated carbocycles. The highest BCUT2D eigenvalue weighted by molar-refractivity contribution is 6.42. The molecule has 4 aromatic rings. The van der Waals surface area contributed by atoms with E-state index in [-0.39, 0.29) is 5.91 Å². The Hall–Kier alpha value is -2.82. The maximum atomic E-state index is 12.3. The van der Waals surface area contributed by atoms with Gasteiger partial charge in [0.1, 0.15) is 5.52 Å². The van der Waals surface area contributed by atoms with Crippen LogP contribution < -0.4 is 5.32 Å². The van der Waals surface area contributed by atoms with E-state index >= 15 is 0 Å². The summed E-state index contributed by atoms with van der Waals surface area (Å²) in [6.07, 6.45) is 0. The maximum Gasteiger partial charge on any atom is 0.255 e. The number of rotatable bonds is 3. The summed E-state index contributed by atoms with van der Waals surface area (Å²) in [5.74, 6) is 0.270. The number of amides is 1. The lowest BCUT2D eigenvalue weighted by Crippen LogP contribution is -2.11. The number of hydrogen-bond acceptors (Lipinski definition) is 3. The highest BCUT2D eigenvalue weighted by Gasteiger charge is 2.10. The second-order valence-corrected chi connectivity index (χ2v) is 6.46. The first-order valence-corrected chi connectivity index (χ1v) is 8.58. The molecule has 0 spiro atoms. The topological polar surface area (TPSA) is 55.1 Å². The van der Waals surface area contributed by atoms with Crippen LogP contribution in [0, 0.1) is 0 Å². The Morgan fingerprint density at radius 3 is 2.42 bits per heavy atom. The molecule has 0 unspecified atom stereocenters. The van der Waals surface area contributed by atoms with Crippen molar-refractivity contribution in [2.75, 3.05) is 5.32 Å². The summed E-state index contributed by atoms with van der Waals surface area (Å²) >= 11 is 11.8. The van der Waals surface area contributed by atoms with Gasteiger partial charge in [-0.15, -0.1) is 0 Å². The predicted octanol–water partition coefficient (Wildman–Crippen LogP) is 6.05. The van der Waals surface area contributed by atoms with Crippen LogP contribution in [0.15, 0.2) is 71.1 Å². The van der Waals surface area contributed by atoms with Crippen LogP contribution in [-0.4, -0.2) is 10.9 Å². The third-order valence-corrected chi connectivity index (χ3v) is 4.60. The van der Waals surface area contributed by atoms with E-state index in [2.05, 4.69) is 10.3 Å².